The van der Waals surface area contributed by atoms with Gasteiger partial charge in [0.2, 0.25) is 0 Å². The monoisotopic (exact) mass is 250 g/mol. The normalized spacial score (nSPS) is 9.94. The molecule has 2 heterocycles. The van der Waals surface area contributed by atoms with Crippen molar-refractivity contribution in [1.82, 2.24) is 9.97 Å². The van der Waals surface area contributed by atoms with Crippen molar-refractivity contribution in [2.45, 2.75) is 0 Å². The summed E-state index contributed by atoms with van der Waals surface area (Å²) in [5.41, 5.74) is -0.0857. The highest BCUT2D eigenvalue weighted by molar-refractivity contribution is 6.30. The van der Waals surface area contributed by atoms with Crippen molar-refractivity contribution in [3.63, 3.8) is 0 Å². The van der Waals surface area contributed by atoms with E-state index in [2.05, 4.69) is 9.97 Å². The van der Waals surface area contributed by atoms with E-state index in [-0.39, 0.29) is 5.69 Å². The van der Waals surface area contributed by atoms with Crippen LogP contribution in [0.1, 0.15) is 10.5 Å². The lowest BCUT2D eigenvalue weighted by molar-refractivity contribution is 0.0690. The first kappa shape index (κ1) is 11.3. The summed E-state index contributed by atoms with van der Waals surface area (Å²) in [7, 11) is 0. The molecule has 0 saturated carbocycles. The number of carboxylic acid groups (broad SMARTS) is 1. The Kier molecular flexibility index (Phi) is 3.20. The van der Waals surface area contributed by atoms with Gasteiger partial charge in [-0.3, -0.25) is 4.98 Å². The average molecular weight is 251 g/mol. The lowest BCUT2D eigenvalue weighted by Gasteiger charge is -2.05. The molecule has 0 unspecified atom stereocenters. The number of ether oxygens (including phenoxy) is 1. The molecule has 0 saturated heterocycles. The third-order valence-corrected chi connectivity index (χ3v) is 2.07. The first-order valence-electron chi connectivity index (χ1n) is 4.63. The third-order valence-electron chi connectivity index (χ3n) is 1.87. The van der Waals surface area contributed by atoms with Crippen molar-refractivity contribution in [1.29, 1.82) is 0 Å². The van der Waals surface area contributed by atoms with E-state index < -0.39 is 5.97 Å². The molecule has 0 radical (unpaired) electrons. The molecular formula is C11H7ClN2O3. The van der Waals surface area contributed by atoms with Crippen LogP contribution in [0.2, 0.25) is 5.02 Å². The van der Waals surface area contributed by atoms with Crippen LogP contribution in [-0.2, 0) is 0 Å². The standard InChI is InChI=1S/C11H7ClN2O3/c12-7-3-9(6-13-5-7)17-8-1-2-14-10(4-8)11(15)16/h1-6H,(H,15,16). The van der Waals surface area contributed by atoms with E-state index in [1.54, 1.807) is 12.1 Å². The van der Waals surface area contributed by atoms with Crippen molar-refractivity contribution >= 4 is 17.6 Å². The number of hydrogen-bond acceptors (Lipinski definition) is 4. The van der Waals surface area contributed by atoms with Crippen LogP contribution in [0.5, 0.6) is 11.5 Å². The molecule has 0 aliphatic carbocycles. The molecule has 2 aromatic rings. The predicted octanol–water partition coefficient (Wildman–Crippen LogP) is 2.62. The molecule has 17 heavy (non-hydrogen) atoms. The molecule has 0 fully saturated rings. The summed E-state index contributed by atoms with van der Waals surface area (Å²) in [6.07, 6.45) is 4.31. The predicted molar refractivity (Wildman–Crippen MR) is 60.5 cm³/mol. The number of aromatic carboxylic acids is 1. The highest BCUT2D eigenvalue weighted by Gasteiger charge is 2.06. The minimum Gasteiger partial charge on any atom is -0.477 e. The lowest BCUT2D eigenvalue weighted by atomic mass is 10.3. The van der Waals surface area contributed by atoms with Crippen molar-refractivity contribution < 1.29 is 14.6 Å². The fourth-order valence-corrected chi connectivity index (χ4v) is 1.34. The second-order valence-corrected chi connectivity index (χ2v) is 3.56. The summed E-state index contributed by atoms with van der Waals surface area (Å²) < 4.78 is 5.40. The number of carbonyl (C=O) groups is 1. The van der Waals surface area contributed by atoms with Crippen molar-refractivity contribution in [3.05, 3.63) is 47.5 Å². The van der Waals surface area contributed by atoms with Crippen LogP contribution in [0.4, 0.5) is 0 Å². The maximum Gasteiger partial charge on any atom is 0.354 e. The van der Waals surface area contributed by atoms with Gasteiger partial charge in [-0.05, 0) is 6.07 Å². The van der Waals surface area contributed by atoms with Crippen molar-refractivity contribution in [2.75, 3.05) is 0 Å². The molecule has 86 valence electrons. The Labute approximate surface area is 102 Å². The van der Waals surface area contributed by atoms with Crippen molar-refractivity contribution in [2.24, 2.45) is 0 Å². The molecule has 0 spiro atoms. The SMILES string of the molecule is O=C(O)c1cc(Oc2cncc(Cl)c2)ccn1. The Balaban J connectivity index is 2.24. The Bertz CT molecular complexity index is 560. The van der Waals surface area contributed by atoms with Gasteiger partial charge in [-0.2, -0.15) is 0 Å². The smallest absolute Gasteiger partial charge is 0.354 e. The molecule has 0 aromatic carbocycles. The molecule has 0 bridgehead atoms. The largest absolute Gasteiger partial charge is 0.477 e. The Morgan fingerprint density at radius 3 is 2.82 bits per heavy atom. The molecule has 1 N–H and O–H groups in total. The third kappa shape index (κ3) is 2.92. The summed E-state index contributed by atoms with van der Waals surface area (Å²) in [6, 6.07) is 4.45. The van der Waals surface area contributed by atoms with E-state index in [1.807, 2.05) is 0 Å². The van der Waals surface area contributed by atoms with Crippen LogP contribution in [0.25, 0.3) is 0 Å². The average Bonchev–Trinajstić information content (AvgIpc) is 2.29. The minimum absolute atomic E-state index is 0.0857. The van der Waals surface area contributed by atoms with Gasteiger partial charge in [0.05, 0.1) is 11.2 Å². The Hall–Kier alpha value is -2.14. The fraction of sp³-hybridized carbons (Fsp3) is 0. The van der Waals surface area contributed by atoms with Gasteiger partial charge in [0, 0.05) is 24.5 Å². The second-order valence-electron chi connectivity index (χ2n) is 3.12. The first-order valence-corrected chi connectivity index (χ1v) is 5.01. The molecule has 5 nitrogen and oxygen atoms in total. The lowest BCUT2D eigenvalue weighted by Crippen LogP contribution is -1.99. The minimum atomic E-state index is -1.11. The van der Waals surface area contributed by atoms with Gasteiger partial charge < -0.3 is 9.84 Å². The van der Waals surface area contributed by atoms with Gasteiger partial charge in [-0.15, -0.1) is 0 Å². The number of carboxylic acids is 1. The second kappa shape index (κ2) is 4.80. The summed E-state index contributed by atoms with van der Waals surface area (Å²) in [5.74, 6) is -0.318. The number of hydrogen-bond donors (Lipinski definition) is 1. The van der Waals surface area contributed by atoms with Crippen LogP contribution in [0.15, 0.2) is 36.8 Å². The maximum absolute atomic E-state index is 10.7. The fourth-order valence-electron chi connectivity index (χ4n) is 1.18. The molecule has 0 aliphatic rings. The Morgan fingerprint density at radius 2 is 2.12 bits per heavy atom. The van der Waals surface area contributed by atoms with E-state index in [1.165, 1.54) is 24.7 Å². The Morgan fingerprint density at radius 1 is 1.29 bits per heavy atom. The van der Waals surface area contributed by atoms with E-state index in [4.69, 9.17) is 21.4 Å². The molecule has 0 aliphatic heterocycles. The zero-order valence-electron chi connectivity index (χ0n) is 8.50. The first-order chi connectivity index (χ1) is 8.15. The maximum atomic E-state index is 10.7. The van der Waals surface area contributed by atoms with Gasteiger partial charge in [0.1, 0.15) is 11.5 Å². The molecule has 2 aromatic heterocycles. The zero-order valence-corrected chi connectivity index (χ0v) is 9.26. The highest BCUT2D eigenvalue weighted by Crippen LogP contribution is 2.22. The summed E-state index contributed by atoms with van der Waals surface area (Å²) in [5, 5.41) is 9.21. The molecule has 0 atom stereocenters. The van der Waals surface area contributed by atoms with Gasteiger partial charge in [-0.25, -0.2) is 9.78 Å². The van der Waals surface area contributed by atoms with Crippen LogP contribution in [-0.4, -0.2) is 21.0 Å². The van der Waals surface area contributed by atoms with Gasteiger partial charge in [-0.1, -0.05) is 11.6 Å². The topological polar surface area (TPSA) is 72.3 Å². The van der Waals surface area contributed by atoms with Crippen LogP contribution < -0.4 is 4.74 Å². The summed E-state index contributed by atoms with van der Waals surface area (Å²) >= 11 is 5.74. The van der Waals surface area contributed by atoms with E-state index in [0.717, 1.165) is 0 Å². The highest BCUT2D eigenvalue weighted by atomic mass is 35.5. The number of rotatable bonds is 3. The number of aromatic nitrogens is 2. The van der Waals surface area contributed by atoms with Crippen LogP contribution in [0.3, 0.4) is 0 Å². The van der Waals surface area contributed by atoms with Crippen molar-refractivity contribution in [3.8, 4) is 11.5 Å². The number of pyridine rings is 2. The summed E-state index contributed by atoms with van der Waals surface area (Å²) in [4.78, 5) is 18.2. The number of nitrogens with zero attached hydrogens (tertiary/aromatic N) is 2. The van der Waals surface area contributed by atoms with Crippen LogP contribution >= 0.6 is 11.6 Å². The quantitative estimate of drug-likeness (QED) is 0.907. The van der Waals surface area contributed by atoms with Gasteiger partial charge in [0.15, 0.2) is 5.69 Å². The zero-order chi connectivity index (χ0) is 12.3. The molecule has 6 heteroatoms. The summed E-state index contributed by atoms with van der Waals surface area (Å²) in [6.45, 7) is 0. The van der Waals surface area contributed by atoms with Gasteiger partial charge >= 0.3 is 5.97 Å². The molecule has 2 rings (SSSR count). The van der Waals surface area contributed by atoms with E-state index >= 15 is 0 Å². The molecule has 0 amide bonds. The van der Waals surface area contributed by atoms with E-state index in [0.29, 0.717) is 16.5 Å². The number of halogens is 1. The van der Waals surface area contributed by atoms with Crippen LogP contribution in [0, 0.1) is 0 Å². The molecular weight excluding hydrogens is 244 g/mol. The van der Waals surface area contributed by atoms with E-state index in [9.17, 15) is 4.79 Å². The van der Waals surface area contributed by atoms with Gasteiger partial charge in [0.25, 0.3) is 0 Å².